The highest BCUT2D eigenvalue weighted by Crippen LogP contribution is 2.26. The molecule has 4 nitrogen and oxygen atoms in total. The maximum Gasteiger partial charge on any atom is 0.138 e. The van der Waals surface area contributed by atoms with Gasteiger partial charge in [0.2, 0.25) is 0 Å². The molecule has 1 aliphatic carbocycles. The first kappa shape index (κ1) is 9.65. The molecule has 1 heterocycles. The average Bonchev–Trinajstić information content (AvgIpc) is 2.76. The molecule has 0 aromatic carbocycles. The molecule has 0 bridgehead atoms. The highest BCUT2D eigenvalue weighted by molar-refractivity contribution is 4.90. The van der Waals surface area contributed by atoms with E-state index in [2.05, 4.69) is 17.0 Å². The number of hydrogen-bond donors (Lipinski definition) is 1. The molecule has 4 heteroatoms. The van der Waals surface area contributed by atoms with Gasteiger partial charge in [-0.3, -0.25) is 4.68 Å². The molecule has 0 spiro atoms. The van der Waals surface area contributed by atoms with Gasteiger partial charge in [-0.15, -0.1) is 0 Å². The second-order valence-electron chi connectivity index (χ2n) is 4.14. The van der Waals surface area contributed by atoms with Crippen molar-refractivity contribution >= 4 is 0 Å². The van der Waals surface area contributed by atoms with E-state index in [-0.39, 0.29) is 0 Å². The van der Waals surface area contributed by atoms with Gasteiger partial charge in [0.15, 0.2) is 0 Å². The third-order valence-electron chi connectivity index (χ3n) is 3.05. The van der Waals surface area contributed by atoms with Crippen molar-refractivity contribution in [2.45, 2.75) is 45.2 Å². The van der Waals surface area contributed by atoms with Gasteiger partial charge in [-0.05, 0) is 32.1 Å². The van der Waals surface area contributed by atoms with Crippen LogP contribution in [0.15, 0.2) is 6.33 Å². The number of rotatable bonds is 3. The number of nitrogens with zero attached hydrogens (tertiary/aromatic N) is 3. The standard InChI is InChI=1S/C10H18N4/c1-2-14-10(12-7-13-14)6-8-3-4-9(11)5-8/h7-9H,2-6,11H2,1H3. The van der Waals surface area contributed by atoms with Gasteiger partial charge in [0.05, 0.1) is 0 Å². The Morgan fingerprint density at radius 2 is 2.43 bits per heavy atom. The fraction of sp³-hybridized carbons (Fsp3) is 0.800. The molecule has 1 aromatic rings. The van der Waals surface area contributed by atoms with Gasteiger partial charge in [0, 0.05) is 19.0 Å². The average molecular weight is 194 g/mol. The third-order valence-corrected chi connectivity index (χ3v) is 3.05. The first-order valence-corrected chi connectivity index (χ1v) is 5.42. The van der Waals surface area contributed by atoms with E-state index >= 15 is 0 Å². The molecule has 2 N–H and O–H groups in total. The monoisotopic (exact) mass is 194 g/mol. The summed E-state index contributed by atoms with van der Waals surface area (Å²) >= 11 is 0. The van der Waals surface area contributed by atoms with Gasteiger partial charge < -0.3 is 5.73 Å². The summed E-state index contributed by atoms with van der Waals surface area (Å²) in [6, 6.07) is 0.415. The van der Waals surface area contributed by atoms with E-state index in [4.69, 9.17) is 5.73 Å². The smallest absolute Gasteiger partial charge is 0.138 e. The topological polar surface area (TPSA) is 56.7 Å². The Labute approximate surface area is 84.5 Å². The molecule has 1 aliphatic rings. The molecule has 2 unspecified atom stereocenters. The highest BCUT2D eigenvalue weighted by atomic mass is 15.3. The molecule has 2 rings (SSSR count). The fourth-order valence-corrected chi connectivity index (χ4v) is 2.27. The lowest BCUT2D eigenvalue weighted by Crippen LogP contribution is -2.16. The van der Waals surface area contributed by atoms with E-state index in [0.29, 0.717) is 6.04 Å². The Hall–Kier alpha value is -0.900. The van der Waals surface area contributed by atoms with Crippen LogP contribution in [0.5, 0.6) is 0 Å². The lowest BCUT2D eigenvalue weighted by atomic mass is 10.0. The third kappa shape index (κ3) is 1.95. The van der Waals surface area contributed by atoms with Crippen LogP contribution in [0, 0.1) is 5.92 Å². The van der Waals surface area contributed by atoms with E-state index in [0.717, 1.165) is 31.1 Å². The Kier molecular flexibility index (Phi) is 2.82. The Balaban J connectivity index is 1.97. The summed E-state index contributed by atoms with van der Waals surface area (Å²) < 4.78 is 1.98. The predicted octanol–water partition coefficient (Wildman–Crippen LogP) is 0.968. The summed E-state index contributed by atoms with van der Waals surface area (Å²) in [4.78, 5) is 4.29. The van der Waals surface area contributed by atoms with E-state index in [1.165, 1.54) is 12.8 Å². The molecule has 14 heavy (non-hydrogen) atoms. The molecule has 0 aliphatic heterocycles. The van der Waals surface area contributed by atoms with E-state index in [1.54, 1.807) is 6.33 Å². The Morgan fingerprint density at radius 3 is 3.07 bits per heavy atom. The van der Waals surface area contributed by atoms with Crippen LogP contribution in [0.4, 0.5) is 0 Å². The fourth-order valence-electron chi connectivity index (χ4n) is 2.27. The zero-order valence-electron chi connectivity index (χ0n) is 8.69. The summed E-state index contributed by atoms with van der Waals surface area (Å²) in [7, 11) is 0. The van der Waals surface area contributed by atoms with E-state index in [9.17, 15) is 0 Å². The summed E-state index contributed by atoms with van der Waals surface area (Å²) in [5.41, 5.74) is 5.88. The Morgan fingerprint density at radius 1 is 1.57 bits per heavy atom. The predicted molar refractivity (Wildman–Crippen MR) is 54.7 cm³/mol. The van der Waals surface area contributed by atoms with Gasteiger partial charge in [-0.1, -0.05) is 0 Å². The summed E-state index contributed by atoms with van der Waals surface area (Å²) in [5, 5.41) is 4.17. The largest absolute Gasteiger partial charge is 0.328 e. The molecule has 1 saturated carbocycles. The minimum atomic E-state index is 0.415. The minimum Gasteiger partial charge on any atom is -0.328 e. The Bertz CT molecular complexity index is 294. The number of nitrogens with two attached hydrogens (primary N) is 1. The van der Waals surface area contributed by atoms with Gasteiger partial charge >= 0.3 is 0 Å². The van der Waals surface area contributed by atoms with Gasteiger partial charge in [0.25, 0.3) is 0 Å². The van der Waals surface area contributed by atoms with Crippen LogP contribution >= 0.6 is 0 Å². The van der Waals surface area contributed by atoms with Crippen LogP contribution in [-0.4, -0.2) is 20.8 Å². The van der Waals surface area contributed by atoms with Crippen LogP contribution in [-0.2, 0) is 13.0 Å². The van der Waals surface area contributed by atoms with Crippen molar-refractivity contribution in [3.8, 4) is 0 Å². The quantitative estimate of drug-likeness (QED) is 0.780. The molecular formula is C10H18N4. The normalized spacial score (nSPS) is 27.0. The maximum atomic E-state index is 5.88. The molecule has 78 valence electrons. The maximum absolute atomic E-state index is 5.88. The van der Waals surface area contributed by atoms with Crippen molar-refractivity contribution in [2.24, 2.45) is 11.7 Å². The van der Waals surface area contributed by atoms with Crippen LogP contribution in [0.1, 0.15) is 32.0 Å². The van der Waals surface area contributed by atoms with Crippen LogP contribution in [0.3, 0.4) is 0 Å². The second kappa shape index (κ2) is 4.09. The first-order chi connectivity index (χ1) is 6.79. The molecule has 0 saturated heterocycles. The number of aromatic nitrogens is 3. The number of hydrogen-bond acceptors (Lipinski definition) is 3. The summed E-state index contributed by atoms with van der Waals surface area (Å²) in [6.07, 6.45) is 6.26. The van der Waals surface area contributed by atoms with Crippen molar-refractivity contribution in [1.82, 2.24) is 14.8 Å². The molecule has 0 radical (unpaired) electrons. The van der Waals surface area contributed by atoms with Crippen molar-refractivity contribution < 1.29 is 0 Å². The van der Waals surface area contributed by atoms with Crippen LogP contribution < -0.4 is 5.73 Å². The molecule has 0 amide bonds. The van der Waals surface area contributed by atoms with Crippen molar-refractivity contribution in [1.29, 1.82) is 0 Å². The van der Waals surface area contributed by atoms with Crippen molar-refractivity contribution in [3.05, 3.63) is 12.2 Å². The zero-order chi connectivity index (χ0) is 9.97. The van der Waals surface area contributed by atoms with Crippen molar-refractivity contribution in [2.75, 3.05) is 0 Å². The summed E-state index contributed by atoms with van der Waals surface area (Å²) in [5.74, 6) is 1.84. The SMILES string of the molecule is CCn1ncnc1CC1CCC(N)C1. The van der Waals surface area contributed by atoms with E-state index < -0.39 is 0 Å². The second-order valence-corrected chi connectivity index (χ2v) is 4.14. The molecule has 2 atom stereocenters. The van der Waals surface area contributed by atoms with Crippen LogP contribution in [0.2, 0.25) is 0 Å². The van der Waals surface area contributed by atoms with Gasteiger partial charge in [-0.2, -0.15) is 5.10 Å². The zero-order valence-corrected chi connectivity index (χ0v) is 8.69. The highest BCUT2D eigenvalue weighted by Gasteiger charge is 2.23. The van der Waals surface area contributed by atoms with Gasteiger partial charge in [-0.25, -0.2) is 4.98 Å². The number of aryl methyl sites for hydroxylation is 1. The lowest BCUT2D eigenvalue weighted by Gasteiger charge is -2.08. The molecule has 1 aromatic heterocycles. The molecular weight excluding hydrogens is 176 g/mol. The molecule has 1 fully saturated rings. The van der Waals surface area contributed by atoms with Crippen LogP contribution in [0.25, 0.3) is 0 Å². The lowest BCUT2D eigenvalue weighted by molar-refractivity contribution is 0.493. The minimum absolute atomic E-state index is 0.415. The van der Waals surface area contributed by atoms with Crippen molar-refractivity contribution in [3.63, 3.8) is 0 Å². The first-order valence-electron chi connectivity index (χ1n) is 5.42. The van der Waals surface area contributed by atoms with Gasteiger partial charge in [0.1, 0.15) is 12.2 Å². The summed E-state index contributed by atoms with van der Waals surface area (Å²) in [6.45, 7) is 3.01. The van der Waals surface area contributed by atoms with E-state index in [1.807, 2.05) is 4.68 Å².